The Morgan fingerprint density at radius 1 is 1.31 bits per heavy atom. The number of alkyl halides is 1. The van der Waals surface area contributed by atoms with E-state index in [1.807, 2.05) is 6.07 Å². The number of carbonyl (C=O) groups excluding carboxylic acids is 1. The van der Waals surface area contributed by atoms with E-state index in [9.17, 15) is 14.2 Å². The highest BCUT2D eigenvalue weighted by molar-refractivity contribution is 8.44. The van der Waals surface area contributed by atoms with Crippen molar-refractivity contribution in [1.29, 1.82) is 5.26 Å². The van der Waals surface area contributed by atoms with E-state index in [-0.39, 0.29) is 49.1 Å². The highest BCUT2D eigenvalue weighted by Crippen LogP contribution is 2.58. The summed E-state index contributed by atoms with van der Waals surface area (Å²) in [5, 5.41) is 11.5. The van der Waals surface area contributed by atoms with Crippen molar-refractivity contribution in [3.05, 3.63) is 35.0 Å². The molecule has 1 fully saturated rings. The first-order valence-corrected chi connectivity index (χ1v) is 19.9. The molecule has 2 aliphatic heterocycles. The number of hydrogen-bond donors (Lipinski definition) is 3. The molecule has 2 bridgehead atoms. The fourth-order valence-corrected chi connectivity index (χ4v) is 8.09. The molecule has 1 amide bonds. The molecule has 6 atom stereocenters. The Hall–Kier alpha value is -3.22. The molecule has 2 aliphatic rings. The third-order valence-electron chi connectivity index (χ3n) is 7.26. The number of nitriles is 1. The predicted molar refractivity (Wildman–Crippen MR) is 174 cm³/mol. The van der Waals surface area contributed by atoms with Gasteiger partial charge >= 0.3 is 13.5 Å². The molecule has 0 radical (unpaired) electrons. The summed E-state index contributed by atoms with van der Waals surface area (Å²) >= 11 is 9.72. The number of imidazole rings is 2. The number of H-pyrrole nitrogens is 1. The topological polar surface area (TPSA) is 233 Å². The molecule has 4 aromatic rings. The van der Waals surface area contributed by atoms with Gasteiger partial charge in [-0.15, -0.1) is 0 Å². The minimum absolute atomic E-state index is 0.0179. The second-order valence-corrected chi connectivity index (χ2v) is 16.8. The number of anilines is 1. The van der Waals surface area contributed by atoms with Gasteiger partial charge in [-0.05, 0) is 11.8 Å². The lowest BCUT2D eigenvalue weighted by atomic mass is 10.1. The summed E-state index contributed by atoms with van der Waals surface area (Å²) in [7, 11) is 0. The van der Waals surface area contributed by atoms with Gasteiger partial charge < -0.3 is 22.9 Å². The Kier molecular flexibility index (Phi) is 10.6. The maximum Gasteiger partial charge on any atom is 0.387 e. The zero-order valence-corrected chi connectivity index (χ0v) is 29.2. The largest absolute Gasteiger partial charge is 0.387 e. The van der Waals surface area contributed by atoms with Gasteiger partial charge in [0.05, 0.1) is 44.8 Å². The molecule has 6 rings (SSSR count). The van der Waals surface area contributed by atoms with Crippen LogP contribution in [0.3, 0.4) is 0 Å². The van der Waals surface area contributed by atoms with Gasteiger partial charge in [-0.2, -0.15) is 10.2 Å². The van der Waals surface area contributed by atoms with Crippen molar-refractivity contribution >= 4 is 71.8 Å². The first-order valence-electron chi connectivity index (χ1n) is 14.7. The number of fused-ring (bicyclic) bond motifs is 6. The first-order chi connectivity index (χ1) is 23.4. The SMILES string of the molecule is CC(C)C(=O)Nc1nc2c(ncn2[C@@H]2O[C@@H]3COP(=S)(OCCC#N)OCCn4c(nc5cncnc54)COP(=O)(S)O[C@@H]2[C@@H]3F)c(=O)[nH]1. The number of nitrogens with zero attached hydrogens (tertiary/aromatic N) is 8. The monoisotopic (exact) mass is 758 g/mol. The Morgan fingerprint density at radius 2 is 2.12 bits per heavy atom. The number of thiol groups is 1. The Labute approximate surface area is 286 Å². The van der Waals surface area contributed by atoms with Gasteiger partial charge in [-0.25, -0.2) is 28.9 Å². The van der Waals surface area contributed by atoms with Crippen LogP contribution in [0.25, 0.3) is 22.3 Å². The van der Waals surface area contributed by atoms with Crippen LogP contribution in [0.4, 0.5) is 10.3 Å². The first kappa shape index (κ1) is 35.6. The number of nitrogens with one attached hydrogen (secondary N) is 2. The highest BCUT2D eigenvalue weighted by Gasteiger charge is 2.51. The maximum absolute atomic E-state index is 16.3. The molecule has 19 nitrogen and oxygen atoms in total. The summed E-state index contributed by atoms with van der Waals surface area (Å²) in [5.74, 6) is -0.816. The summed E-state index contributed by atoms with van der Waals surface area (Å²) in [4.78, 5) is 48.7. The van der Waals surface area contributed by atoms with Gasteiger partial charge in [0.2, 0.25) is 11.9 Å². The van der Waals surface area contributed by atoms with Crippen LogP contribution >= 0.6 is 25.8 Å². The minimum Gasteiger partial charge on any atom is -0.346 e. The third kappa shape index (κ3) is 7.76. The predicted octanol–water partition coefficient (Wildman–Crippen LogP) is 2.93. The zero-order valence-electron chi connectivity index (χ0n) is 25.7. The van der Waals surface area contributed by atoms with Crippen LogP contribution in [-0.4, -0.2) is 83.1 Å². The standard InChI is InChI=1S/C25H29FN10O9P2S2/c1-13(2)22(37)33-25-32-21-18(23(38)34-25)30-12-36(21)24-19-17(26)15(44-24)9-43-47(49,40-6-3-4-27)41-7-5-35-16(10-42-46(39,48)45-19)31-14-8-28-11-29-20(14)35/h8,11-13,15,17,19,24H,3,5-7,9-10H2,1-2H3,(H,39,48)(H2,32,33,34,37,38)/t15-,17-,19-,24-,46?,47?/m1/s1. The number of halogens is 1. The number of aromatic nitrogens is 8. The quantitative estimate of drug-likeness (QED) is 0.146. The molecule has 0 saturated carbocycles. The minimum atomic E-state index is -4.38. The van der Waals surface area contributed by atoms with E-state index in [1.54, 1.807) is 18.4 Å². The van der Waals surface area contributed by atoms with E-state index in [1.165, 1.54) is 17.1 Å². The van der Waals surface area contributed by atoms with Crippen molar-refractivity contribution in [3.8, 4) is 6.07 Å². The fraction of sp³-hybridized carbons (Fsp3) is 0.520. The molecule has 24 heteroatoms. The van der Waals surface area contributed by atoms with Gasteiger partial charge in [0.1, 0.15) is 36.5 Å². The summed E-state index contributed by atoms with van der Waals surface area (Å²) < 4.78 is 67.5. The van der Waals surface area contributed by atoms with Crippen molar-refractivity contribution in [2.45, 2.75) is 58.0 Å². The second kappa shape index (κ2) is 14.6. The average molecular weight is 759 g/mol. The molecule has 49 heavy (non-hydrogen) atoms. The van der Waals surface area contributed by atoms with Crippen LogP contribution < -0.4 is 10.9 Å². The van der Waals surface area contributed by atoms with Gasteiger partial charge in [0.25, 0.3) is 5.56 Å². The molecular weight excluding hydrogens is 729 g/mol. The molecule has 262 valence electrons. The molecule has 2 N–H and O–H groups in total. The number of hydrogen-bond acceptors (Lipinski definition) is 16. The number of amides is 1. The highest BCUT2D eigenvalue weighted by atomic mass is 32.7. The van der Waals surface area contributed by atoms with Crippen LogP contribution in [0.2, 0.25) is 0 Å². The van der Waals surface area contributed by atoms with E-state index in [4.69, 9.17) is 44.4 Å². The van der Waals surface area contributed by atoms with Crippen molar-refractivity contribution in [2.24, 2.45) is 5.92 Å². The third-order valence-corrected chi connectivity index (χ3v) is 11.3. The lowest BCUT2D eigenvalue weighted by Gasteiger charge is -2.24. The smallest absolute Gasteiger partial charge is 0.346 e. The molecule has 1 saturated heterocycles. The van der Waals surface area contributed by atoms with Crippen LogP contribution in [0, 0.1) is 17.2 Å². The Balaban J connectivity index is 1.38. The van der Waals surface area contributed by atoms with Crippen molar-refractivity contribution in [2.75, 3.05) is 25.1 Å². The molecule has 0 spiro atoms. The lowest BCUT2D eigenvalue weighted by Crippen LogP contribution is -2.32. The van der Waals surface area contributed by atoms with Crippen LogP contribution in [0.5, 0.6) is 0 Å². The van der Waals surface area contributed by atoms with Crippen LogP contribution in [-0.2, 0) is 61.7 Å². The number of ether oxygens (including phenoxy) is 1. The van der Waals surface area contributed by atoms with E-state index in [2.05, 4.69) is 47.5 Å². The summed E-state index contributed by atoms with van der Waals surface area (Å²) in [5.41, 5.74) is -0.169. The lowest BCUT2D eigenvalue weighted by molar-refractivity contribution is -0.118. The Bertz CT molecular complexity index is 2070. The second-order valence-electron chi connectivity index (χ2n) is 10.9. The average Bonchev–Trinajstić information content (AvgIpc) is 3.72. The van der Waals surface area contributed by atoms with E-state index in [0.29, 0.717) is 11.2 Å². The normalized spacial score (nSPS) is 28.2. The summed E-state index contributed by atoms with van der Waals surface area (Å²) in [6, 6.07) is 1.94. The van der Waals surface area contributed by atoms with Gasteiger partial charge in [0.15, 0.2) is 29.2 Å². The number of aromatic amines is 1. The van der Waals surface area contributed by atoms with Gasteiger partial charge in [0, 0.05) is 12.5 Å². The molecule has 0 aromatic carbocycles. The van der Waals surface area contributed by atoms with Crippen molar-refractivity contribution in [1.82, 2.24) is 39.0 Å². The van der Waals surface area contributed by atoms with E-state index >= 15 is 4.39 Å². The van der Waals surface area contributed by atoms with Crippen molar-refractivity contribution < 1.29 is 41.1 Å². The molecule has 0 aliphatic carbocycles. The number of carbonyl (C=O) groups is 1. The van der Waals surface area contributed by atoms with Crippen LogP contribution in [0.15, 0.2) is 23.6 Å². The molecule has 2 unspecified atom stereocenters. The molecule has 4 aromatic heterocycles. The van der Waals surface area contributed by atoms with Gasteiger partial charge in [-0.3, -0.25) is 33.5 Å². The molecule has 6 heterocycles. The zero-order chi connectivity index (χ0) is 34.9. The Morgan fingerprint density at radius 3 is 2.90 bits per heavy atom. The van der Waals surface area contributed by atoms with E-state index in [0.717, 1.165) is 6.33 Å². The fourth-order valence-electron chi connectivity index (χ4n) is 4.91. The molecular formula is C25H29FN10O9P2S2. The summed E-state index contributed by atoms with van der Waals surface area (Å²) in [6.45, 7) is -5.73. The van der Waals surface area contributed by atoms with Gasteiger partial charge in [-0.1, -0.05) is 26.1 Å². The summed E-state index contributed by atoms with van der Waals surface area (Å²) in [6.07, 6.45) is -2.71. The number of rotatable bonds is 6. The maximum atomic E-state index is 16.3. The van der Waals surface area contributed by atoms with Crippen LogP contribution in [0.1, 0.15) is 32.3 Å². The van der Waals surface area contributed by atoms with E-state index < -0.39 is 68.7 Å². The van der Waals surface area contributed by atoms with Crippen molar-refractivity contribution in [3.63, 3.8) is 0 Å².